The summed E-state index contributed by atoms with van der Waals surface area (Å²) in [6.07, 6.45) is 7.30. The third kappa shape index (κ3) is 27.4. The highest BCUT2D eigenvalue weighted by molar-refractivity contribution is 7.47. The van der Waals surface area contributed by atoms with E-state index in [1.807, 2.05) is 6.92 Å². The van der Waals surface area contributed by atoms with Gasteiger partial charge in [0.2, 0.25) is 0 Å². The van der Waals surface area contributed by atoms with Gasteiger partial charge in [0.25, 0.3) is 0 Å². The van der Waals surface area contributed by atoms with Gasteiger partial charge >= 0.3 is 27.6 Å². The van der Waals surface area contributed by atoms with E-state index in [9.17, 15) is 68.8 Å². The number of phosphoric acid groups is 2. The predicted octanol–water partition coefficient (Wildman–Crippen LogP) is 7.10. The molecule has 1 fully saturated rings. The molecule has 1 unspecified atom stereocenters. The van der Waals surface area contributed by atoms with Crippen molar-refractivity contribution in [3.8, 4) is 0 Å². The molecule has 0 aromatic rings. The maximum Gasteiger partial charge on any atom is 0.472 e. The number of Topliss-reactive ketones (excluding diaryl/α,β-unsaturated/α-hetero) is 1. The quantitative estimate of drug-likeness (QED) is 0.0163. The number of cyclic esters (lactones) is 1. The van der Waals surface area contributed by atoms with Crippen LogP contribution in [0.15, 0.2) is 24.3 Å². The maximum atomic E-state index is 13.9. The smallest absolute Gasteiger partial charge is 0.462 e. The highest BCUT2D eigenvalue weighted by atomic mass is 31.2. The number of aliphatic hydroxyl groups excluding tert-OH is 6. The molecule has 0 spiro atoms. The van der Waals surface area contributed by atoms with Crippen molar-refractivity contribution >= 4 is 33.4 Å². The number of esters is 2. The normalized spacial score (nSPS) is 30.1. The van der Waals surface area contributed by atoms with Crippen LogP contribution in [0.25, 0.3) is 0 Å². The molecule has 0 saturated heterocycles. The standard InChI is InChI=1S/C49H88O19P2/c1-3-5-7-8-9-10-11-12-13-14-15-16-17-18-19-20-25-29-42(53)64-34-37-35-65-70(62,63)68-49-47(58)46(57)44(55)38(28-24-21-22-26-30-43(54)66-37)40(51)33-41(52)39(32-31-36(50)27-23-6-4-2)45(56)48(49)67-69(59,60)61/h21,24,31-32,36-40,44-51,55-58H,3-20,22-23,25-30,33-35H2,1-2H3,(H,62,63)(H2,59,60,61)/b24-21-,32-31+/t36-,37+,38-,39-,40-,44+,45+,46-,47+,48+,49-/m0/s1. The average Bonchev–Trinajstić information content (AvgIpc) is 3.30. The number of rotatable bonds is 28. The van der Waals surface area contributed by atoms with Crippen LogP contribution >= 0.6 is 15.6 Å². The Bertz CT molecular complexity index is 1610. The number of allylic oxidation sites excluding steroid dienone is 2. The van der Waals surface area contributed by atoms with Crippen LogP contribution in [-0.4, -0.2) is 131 Å². The van der Waals surface area contributed by atoms with Crippen LogP contribution in [0.3, 0.4) is 0 Å². The Morgan fingerprint density at radius 2 is 1.36 bits per heavy atom. The molecular formula is C49H88O19P2. The topological polar surface area (TPSA) is 314 Å². The van der Waals surface area contributed by atoms with Crippen molar-refractivity contribution in [2.45, 2.75) is 242 Å². The first-order valence-corrected chi connectivity index (χ1v) is 29.0. The van der Waals surface area contributed by atoms with Gasteiger partial charge in [-0.1, -0.05) is 160 Å². The summed E-state index contributed by atoms with van der Waals surface area (Å²) in [4.78, 5) is 70.6. The van der Waals surface area contributed by atoms with E-state index in [0.29, 0.717) is 12.8 Å². The van der Waals surface area contributed by atoms with E-state index in [2.05, 4.69) is 6.92 Å². The third-order valence-electron chi connectivity index (χ3n) is 12.9. The number of hydrogen-bond acceptors (Lipinski definition) is 16. The zero-order valence-corrected chi connectivity index (χ0v) is 43.5. The second kappa shape index (κ2) is 36.1. The fourth-order valence-electron chi connectivity index (χ4n) is 8.73. The van der Waals surface area contributed by atoms with Gasteiger partial charge in [-0.15, -0.1) is 0 Å². The molecule has 0 aromatic carbocycles. The van der Waals surface area contributed by atoms with Gasteiger partial charge in [-0.3, -0.25) is 28.0 Å². The minimum atomic E-state index is -5.79. The first-order valence-electron chi connectivity index (χ1n) is 26.0. The van der Waals surface area contributed by atoms with Gasteiger partial charge < -0.3 is 54.8 Å². The molecule has 21 heteroatoms. The van der Waals surface area contributed by atoms with Gasteiger partial charge in [0.05, 0.1) is 36.9 Å². The Balaban J connectivity index is 2.21. The summed E-state index contributed by atoms with van der Waals surface area (Å²) in [5.41, 5.74) is 0. The van der Waals surface area contributed by atoms with E-state index in [4.69, 9.17) is 23.0 Å². The summed E-state index contributed by atoms with van der Waals surface area (Å²) in [6, 6.07) is 0. The van der Waals surface area contributed by atoms with E-state index in [0.717, 1.165) is 50.7 Å². The Morgan fingerprint density at radius 3 is 1.93 bits per heavy atom. The van der Waals surface area contributed by atoms with Gasteiger partial charge in [0.1, 0.15) is 36.8 Å². The van der Waals surface area contributed by atoms with Crippen molar-refractivity contribution in [2.24, 2.45) is 11.8 Å². The lowest BCUT2D eigenvalue weighted by atomic mass is 9.83. The van der Waals surface area contributed by atoms with E-state index in [1.54, 1.807) is 6.08 Å². The van der Waals surface area contributed by atoms with Crippen LogP contribution < -0.4 is 0 Å². The molecule has 70 heavy (non-hydrogen) atoms. The summed E-state index contributed by atoms with van der Waals surface area (Å²) in [7, 11) is -11.5. The molecule has 12 atom stereocenters. The first-order chi connectivity index (χ1) is 33.3. The number of phosphoric ester groups is 2. The fraction of sp³-hybridized carbons (Fsp3) is 0.857. The number of ketones is 1. The largest absolute Gasteiger partial charge is 0.472 e. The minimum Gasteiger partial charge on any atom is -0.462 e. The van der Waals surface area contributed by atoms with Gasteiger partial charge in [0, 0.05) is 25.2 Å². The van der Waals surface area contributed by atoms with E-state index >= 15 is 0 Å². The van der Waals surface area contributed by atoms with Crippen molar-refractivity contribution < 1.29 is 91.9 Å². The lowest BCUT2D eigenvalue weighted by Gasteiger charge is -2.38. The van der Waals surface area contributed by atoms with Gasteiger partial charge in [-0.25, -0.2) is 9.13 Å². The Hall–Kier alpha value is -1.93. The zero-order valence-electron chi connectivity index (χ0n) is 41.7. The van der Waals surface area contributed by atoms with Gasteiger partial charge in [-0.2, -0.15) is 0 Å². The average molecular weight is 1040 g/mol. The SMILES string of the molecule is CCCCCCCCCCCCCCCCCCCC(=O)OC[C@@H]1COP(=O)(O)O[C@H]2[C@H](O)[C@@H](O)[C@H](O)[C@@H](C/C=C\CCCC(=O)O1)[C@@H](O)CC(=O)[C@H](/C=C/[C@@H](O)CCCCC)[C@@H](O)[C@H]2OP(=O)(O)O. The van der Waals surface area contributed by atoms with Crippen molar-refractivity contribution in [3.63, 3.8) is 0 Å². The van der Waals surface area contributed by atoms with Crippen molar-refractivity contribution in [1.29, 1.82) is 0 Å². The predicted molar refractivity (Wildman–Crippen MR) is 261 cm³/mol. The Labute approximate surface area is 415 Å². The second-order valence-electron chi connectivity index (χ2n) is 19.0. The second-order valence-corrected chi connectivity index (χ2v) is 21.6. The molecule has 2 bridgehead atoms. The number of fused-ring (bicyclic) bond motifs is 4. The zero-order chi connectivity index (χ0) is 52.0. The number of hydrogen-bond donors (Lipinski definition) is 9. The van der Waals surface area contributed by atoms with E-state index < -0.39 is 120 Å². The molecule has 0 aromatic heterocycles. The van der Waals surface area contributed by atoms with Gasteiger partial charge in [0.15, 0.2) is 6.10 Å². The monoisotopic (exact) mass is 1040 g/mol. The first kappa shape index (κ1) is 64.2. The molecule has 1 heterocycles. The van der Waals surface area contributed by atoms with Crippen LogP contribution in [0.5, 0.6) is 0 Å². The lowest BCUT2D eigenvalue weighted by molar-refractivity contribution is -0.165. The molecule has 1 aliphatic heterocycles. The van der Waals surface area contributed by atoms with Crippen LogP contribution in [0.1, 0.15) is 187 Å². The van der Waals surface area contributed by atoms with Crippen LogP contribution in [0.2, 0.25) is 0 Å². The van der Waals surface area contributed by atoms with Gasteiger partial charge in [-0.05, 0) is 32.1 Å². The number of carbonyl (C=O) groups is 3. The Morgan fingerprint density at radius 1 is 0.800 bits per heavy atom. The fourth-order valence-corrected chi connectivity index (χ4v) is 10.3. The molecular weight excluding hydrogens is 954 g/mol. The molecule has 408 valence electrons. The summed E-state index contributed by atoms with van der Waals surface area (Å²) < 4.78 is 52.1. The minimum absolute atomic E-state index is 0.0550. The molecule has 1 aliphatic carbocycles. The highest BCUT2D eigenvalue weighted by Gasteiger charge is 2.51. The summed E-state index contributed by atoms with van der Waals surface area (Å²) >= 11 is 0. The molecule has 19 nitrogen and oxygen atoms in total. The summed E-state index contributed by atoms with van der Waals surface area (Å²) in [6.45, 7) is 2.57. The molecule has 0 radical (unpaired) electrons. The number of unbranched alkanes of at least 4 members (excludes halogenated alkanes) is 18. The number of aliphatic hydroxyl groups is 6. The van der Waals surface area contributed by atoms with Crippen molar-refractivity contribution in [2.75, 3.05) is 13.2 Å². The van der Waals surface area contributed by atoms with Crippen molar-refractivity contribution in [3.05, 3.63) is 24.3 Å². The maximum absolute atomic E-state index is 13.9. The molecule has 0 amide bonds. The third-order valence-corrected chi connectivity index (χ3v) is 14.4. The van der Waals surface area contributed by atoms with Crippen LogP contribution in [0.4, 0.5) is 0 Å². The summed E-state index contributed by atoms with van der Waals surface area (Å²) in [5.74, 6) is -5.76. The molecule has 2 rings (SSSR count). The lowest BCUT2D eigenvalue weighted by Crippen LogP contribution is -2.56. The van der Waals surface area contributed by atoms with E-state index in [1.165, 1.54) is 83.1 Å². The molecule has 1 saturated carbocycles. The van der Waals surface area contributed by atoms with Crippen LogP contribution in [-0.2, 0) is 46.6 Å². The number of carbonyl (C=O) groups excluding carboxylic acids is 3. The van der Waals surface area contributed by atoms with E-state index in [-0.39, 0.29) is 38.5 Å². The Kier molecular flexibility index (Phi) is 33.1. The molecule has 2 aliphatic rings. The molecule has 9 N–H and O–H groups in total. The summed E-state index contributed by atoms with van der Waals surface area (Å²) in [5, 5.41) is 68.0. The van der Waals surface area contributed by atoms with Crippen LogP contribution in [0, 0.1) is 11.8 Å². The number of ether oxygens (including phenoxy) is 2. The highest BCUT2D eigenvalue weighted by Crippen LogP contribution is 2.49. The van der Waals surface area contributed by atoms with Crippen molar-refractivity contribution in [1.82, 2.24) is 0 Å².